The number of aromatic nitrogens is 3. The molecular formula is C21H18N4O4S. The number of pyridine rings is 1. The molecule has 1 aliphatic carbocycles. The first-order valence-electron chi connectivity index (χ1n) is 9.20. The Morgan fingerprint density at radius 1 is 1.00 bits per heavy atom. The van der Waals surface area contributed by atoms with Crippen LogP contribution >= 0.6 is 11.9 Å². The van der Waals surface area contributed by atoms with E-state index in [2.05, 4.69) is 4.98 Å². The second-order valence-electron chi connectivity index (χ2n) is 6.96. The van der Waals surface area contributed by atoms with Crippen LogP contribution in [0.2, 0.25) is 0 Å². The van der Waals surface area contributed by atoms with E-state index in [1.807, 2.05) is 0 Å². The summed E-state index contributed by atoms with van der Waals surface area (Å²) in [6.45, 7) is 1.80. The third kappa shape index (κ3) is 2.78. The summed E-state index contributed by atoms with van der Waals surface area (Å²) in [6.07, 6.45) is 1.61. The second kappa shape index (κ2) is 7.19. The molecule has 0 fully saturated rings. The largest absolute Gasteiger partial charge is 0.332 e. The van der Waals surface area contributed by atoms with Crippen LogP contribution in [0, 0.1) is 0 Å². The summed E-state index contributed by atoms with van der Waals surface area (Å²) < 4.78 is 2.13. The van der Waals surface area contributed by atoms with Crippen molar-refractivity contribution in [3.05, 3.63) is 73.6 Å². The van der Waals surface area contributed by atoms with Gasteiger partial charge in [-0.2, -0.15) is 0 Å². The van der Waals surface area contributed by atoms with Gasteiger partial charge in [0.1, 0.15) is 5.65 Å². The van der Waals surface area contributed by atoms with Gasteiger partial charge in [0.25, 0.3) is 5.56 Å². The Morgan fingerprint density at radius 2 is 1.67 bits per heavy atom. The summed E-state index contributed by atoms with van der Waals surface area (Å²) in [4.78, 5) is 57.0. The van der Waals surface area contributed by atoms with Crippen molar-refractivity contribution in [1.29, 1.82) is 0 Å². The van der Waals surface area contributed by atoms with Crippen LogP contribution in [0.4, 0.5) is 0 Å². The minimum absolute atomic E-state index is 0.0101. The number of hydrogen-bond donors (Lipinski definition) is 1. The number of aryl methyl sites for hydroxylation is 2. The molecule has 1 aliphatic rings. The molecule has 0 spiro atoms. The number of ketones is 2. The summed E-state index contributed by atoms with van der Waals surface area (Å²) >= 11 is 1.08. The Bertz CT molecular complexity index is 1400. The zero-order chi connectivity index (χ0) is 21.7. The number of benzene rings is 1. The highest BCUT2D eigenvalue weighted by molar-refractivity contribution is 7.97. The maximum Gasteiger partial charge on any atom is 0.332 e. The van der Waals surface area contributed by atoms with Gasteiger partial charge in [-0.25, -0.2) is 9.78 Å². The first kappa shape index (κ1) is 20.0. The molecule has 0 radical (unpaired) electrons. The predicted molar refractivity (Wildman–Crippen MR) is 115 cm³/mol. The van der Waals surface area contributed by atoms with Gasteiger partial charge in [-0.05, 0) is 42.1 Å². The number of hydrogen-bond acceptors (Lipinski definition) is 7. The molecule has 9 heteroatoms. The van der Waals surface area contributed by atoms with Crippen molar-refractivity contribution < 1.29 is 9.59 Å². The topological polar surface area (TPSA) is 117 Å². The maximum absolute atomic E-state index is 13.4. The maximum atomic E-state index is 13.4. The van der Waals surface area contributed by atoms with E-state index in [1.165, 1.54) is 24.7 Å². The summed E-state index contributed by atoms with van der Waals surface area (Å²) in [5.74, 6) is -0.838. The van der Waals surface area contributed by atoms with Crippen molar-refractivity contribution in [1.82, 2.24) is 14.1 Å². The van der Waals surface area contributed by atoms with Gasteiger partial charge >= 0.3 is 5.69 Å². The minimum Gasteiger partial charge on any atom is -0.289 e. The zero-order valence-electron chi connectivity index (χ0n) is 16.6. The van der Waals surface area contributed by atoms with Crippen LogP contribution in [0.15, 0.2) is 44.8 Å². The number of nitrogens with two attached hydrogens (primary N) is 1. The van der Waals surface area contributed by atoms with Crippen molar-refractivity contribution in [3.63, 3.8) is 0 Å². The molecule has 0 saturated carbocycles. The van der Waals surface area contributed by atoms with Gasteiger partial charge in [0.2, 0.25) is 0 Å². The zero-order valence-corrected chi connectivity index (χ0v) is 17.4. The molecule has 8 nitrogen and oxygen atoms in total. The number of rotatable bonds is 3. The highest BCUT2D eigenvalue weighted by Gasteiger charge is 2.33. The van der Waals surface area contributed by atoms with E-state index >= 15 is 0 Å². The lowest BCUT2D eigenvalue weighted by Crippen LogP contribution is -2.39. The van der Waals surface area contributed by atoms with E-state index in [1.54, 1.807) is 31.2 Å². The molecule has 2 heterocycles. The summed E-state index contributed by atoms with van der Waals surface area (Å²) in [5, 5.41) is 5.53. The summed E-state index contributed by atoms with van der Waals surface area (Å²) in [5.41, 5.74) is 0.217. The van der Waals surface area contributed by atoms with Crippen molar-refractivity contribution in [2.75, 3.05) is 0 Å². The van der Waals surface area contributed by atoms with Crippen LogP contribution < -0.4 is 16.4 Å². The molecule has 0 saturated heterocycles. The molecule has 2 aromatic heterocycles. The van der Waals surface area contributed by atoms with E-state index < -0.39 is 17.0 Å². The molecular weight excluding hydrogens is 404 g/mol. The van der Waals surface area contributed by atoms with Gasteiger partial charge in [-0.15, -0.1) is 0 Å². The van der Waals surface area contributed by atoms with Crippen molar-refractivity contribution in [3.8, 4) is 0 Å². The first-order chi connectivity index (χ1) is 14.3. The highest BCUT2D eigenvalue weighted by atomic mass is 32.2. The Morgan fingerprint density at radius 3 is 2.27 bits per heavy atom. The van der Waals surface area contributed by atoms with Crippen LogP contribution in [-0.2, 0) is 20.5 Å². The molecule has 0 atom stereocenters. The van der Waals surface area contributed by atoms with Gasteiger partial charge < -0.3 is 0 Å². The number of fused-ring (bicyclic) bond motifs is 3. The molecule has 1 aromatic carbocycles. The van der Waals surface area contributed by atoms with Crippen molar-refractivity contribution in [2.45, 2.75) is 18.2 Å². The van der Waals surface area contributed by atoms with Gasteiger partial charge in [0.05, 0.1) is 22.2 Å². The van der Waals surface area contributed by atoms with E-state index in [-0.39, 0.29) is 33.5 Å². The quantitative estimate of drug-likeness (QED) is 0.638. The molecule has 3 aromatic rings. The molecule has 4 rings (SSSR count). The SMILES string of the molecule is CCc1nc2c(c3c1C(=O)C(c1ccc(SN)cc1)=CC3=O)c(=O)n(C)c(=O)n2C. The Labute approximate surface area is 175 Å². The number of carbonyl (C=O) groups excluding carboxylic acids is 2. The normalized spacial score (nSPS) is 13.5. The fraction of sp³-hybridized carbons (Fsp3) is 0.190. The minimum atomic E-state index is -0.651. The Balaban J connectivity index is 2.07. The lowest BCUT2D eigenvalue weighted by Gasteiger charge is -2.20. The smallest absolute Gasteiger partial charge is 0.289 e. The number of carbonyl (C=O) groups is 2. The van der Waals surface area contributed by atoms with Crippen LogP contribution in [0.1, 0.15) is 38.9 Å². The molecule has 152 valence electrons. The predicted octanol–water partition coefficient (Wildman–Crippen LogP) is 1.62. The van der Waals surface area contributed by atoms with Crippen molar-refractivity contribution in [2.24, 2.45) is 19.2 Å². The second-order valence-corrected chi connectivity index (χ2v) is 7.67. The number of nitrogens with zero attached hydrogens (tertiary/aromatic N) is 3. The van der Waals surface area contributed by atoms with Gasteiger partial charge in [-0.3, -0.25) is 28.7 Å². The summed E-state index contributed by atoms with van der Waals surface area (Å²) in [6, 6.07) is 6.97. The average Bonchev–Trinajstić information content (AvgIpc) is 2.77. The molecule has 0 aliphatic heterocycles. The Kier molecular flexibility index (Phi) is 4.79. The standard InChI is InChI=1S/C21H18N4O4S/c1-4-13-15-16(17-19(23-13)24(2)21(29)25(3)20(17)28)14(26)9-12(18(15)27)10-5-7-11(30-22)8-6-10/h5-9H,4,22H2,1-3H3. The van der Waals surface area contributed by atoms with E-state index in [4.69, 9.17) is 5.14 Å². The third-order valence-electron chi connectivity index (χ3n) is 5.29. The van der Waals surface area contributed by atoms with Gasteiger partial charge in [0.15, 0.2) is 11.6 Å². The number of Topliss-reactive ketones (excluding diaryl/α,β-unsaturated/α-hetero) is 1. The van der Waals surface area contributed by atoms with E-state index in [9.17, 15) is 19.2 Å². The van der Waals surface area contributed by atoms with Gasteiger partial charge in [0, 0.05) is 24.6 Å². The molecule has 2 N–H and O–H groups in total. The molecule has 0 unspecified atom stereocenters. The van der Waals surface area contributed by atoms with Gasteiger partial charge in [-0.1, -0.05) is 19.1 Å². The van der Waals surface area contributed by atoms with Crippen molar-refractivity contribution >= 4 is 40.1 Å². The fourth-order valence-corrected chi connectivity index (χ4v) is 4.01. The average molecular weight is 422 g/mol. The monoisotopic (exact) mass is 422 g/mol. The highest BCUT2D eigenvalue weighted by Crippen LogP contribution is 2.33. The first-order valence-corrected chi connectivity index (χ1v) is 10.1. The van der Waals surface area contributed by atoms with E-state index in [0.29, 0.717) is 17.7 Å². The summed E-state index contributed by atoms with van der Waals surface area (Å²) in [7, 11) is 2.81. The lowest BCUT2D eigenvalue weighted by molar-refractivity contribution is 0.100. The van der Waals surface area contributed by atoms with Crippen LogP contribution in [-0.4, -0.2) is 25.7 Å². The molecule has 0 amide bonds. The molecule has 0 bridgehead atoms. The van der Waals surface area contributed by atoms with Crippen LogP contribution in [0.25, 0.3) is 16.6 Å². The fourth-order valence-electron chi connectivity index (χ4n) is 3.71. The third-order valence-corrected chi connectivity index (χ3v) is 5.84. The molecule has 30 heavy (non-hydrogen) atoms. The lowest BCUT2D eigenvalue weighted by atomic mass is 9.83. The van der Waals surface area contributed by atoms with E-state index in [0.717, 1.165) is 21.4 Å². The Hall–Kier alpha value is -3.30. The van der Waals surface area contributed by atoms with Crippen LogP contribution in [0.3, 0.4) is 0 Å². The van der Waals surface area contributed by atoms with Crippen LogP contribution in [0.5, 0.6) is 0 Å². The number of allylic oxidation sites excluding steroid dienone is 2.